The summed E-state index contributed by atoms with van der Waals surface area (Å²) in [7, 11) is 0. The van der Waals surface area contributed by atoms with Gasteiger partial charge in [-0.05, 0) is 53.1 Å². The average molecular weight is 419 g/mol. The number of aromatic amines is 1. The molecule has 6 nitrogen and oxygen atoms in total. The largest absolute Gasteiger partial charge is 0.449 e. The van der Waals surface area contributed by atoms with Crippen LogP contribution in [0.2, 0.25) is 0 Å². The average Bonchev–Trinajstić information content (AvgIpc) is 3.36. The monoisotopic (exact) mass is 419 g/mol. The summed E-state index contributed by atoms with van der Waals surface area (Å²) >= 11 is 0. The van der Waals surface area contributed by atoms with Crippen molar-refractivity contribution in [2.75, 3.05) is 5.32 Å². The number of H-pyrrole nitrogens is 1. The predicted molar refractivity (Wildman–Crippen MR) is 102 cm³/mol. The van der Waals surface area contributed by atoms with Crippen LogP contribution in [0.4, 0.5) is 23.2 Å². The third kappa shape index (κ3) is 3.98. The molecule has 2 aromatic heterocycles. The molecule has 0 aliphatic heterocycles. The smallest absolute Gasteiger partial charge is 0.416 e. The number of aryl methyl sites for hydroxylation is 1. The molecule has 0 bridgehead atoms. The SMILES string of the molecule is CCCc1ccc(NCc2cc(F)c3oc(-c4nn[nH]n4)cc3c2)cc1C(F)(F)F. The lowest BCUT2D eigenvalue weighted by atomic mass is 10.0. The Morgan fingerprint density at radius 1 is 1.13 bits per heavy atom. The zero-order valence-corrected chi connectivity index (χ0v) is 15.8. The van der Waals surface area contributed by atoms with E-state index in [1.165, 1.54) is 12.1 Å². The fourth-order valence-electron chi connectivity index (χ4n) is 3.29. The minimum atomic E-state index is -4.43. The van der Waals surface area contributed by atoms with Gasteiger partial charge in [0.1, 0.15) is 0 Å². The molecule has 0 saturated heterocycles. The molecule has 2 aromatic carbocycles. The summed E-state index contributed by atoms with van der Waals surface area (Å²) in [6.07, 6.45) is -3.47. The Labute approximate surface area is 168 Å². The van der Waals surface area contributed by atoms with E-state index in [1.54, 1.807) is 18.2 Å². The number of alkyl halides is 3. The number of anilines is 1. The molecular weight excluding hydrogens is 402 g/mol. The first-order valence-electron chi connectivity index (χ1n) is 9.25. The second-order valence-electron chi connectivity index (χ2n) is 6.82. The van der Waals surface area contributed by atoms with Crippen LogP contribution in [-0.4, -0.2) is 20.6 Å². The normalized spacial score (nSPS) is 11.9. The van der Waals surface area contributed by atoms with E-state index in [1.807, 2.05) is 6.92 Å². The van der Waals surface area contributed by atoms with E-state index in [4.69, 9.17) is 4.42 Å². The maximum absolute atomic E-state index is 14.5. The van der Waals surface area contributed by atoms with Crippen molar-refractivity contribution in [1.29, 1.82) is 0 Å². The van der Waals surface area contributed by atoms with E-state index in [2.05, 4.69) is 25.9 Å². The summed E-state index contributed by atoms with van der Waals surface area (Å²) in [6, 6.07) is 8.71. The number of fused-ring (bicyclic) bond motifs is 1. The number of halogens is 4. The highest BCUT2D eigenvalue weighted by Gasteiger charge is 2.33. The van der Waals surface area contributed by atoms with Crippen LogP contribution in [0.3, 0.4) is 0 Å². The van der Waals surface area contributed by atoms with Crippen molar-refractivity contribution < 1.29 is 22.0 Å². The second-order valence-corrected chi connectivity index (χ2v) is 6.82. The first-order valence-corrected chi connectivity index (χ1v) is 9.25. The molecule has 0 atom stereocenters. The summed E-state index contributed by atoms with van der Waals surface area (Å²) in [5.74, 6) is -0.144. The molecule has 2 N–H and O–H groups in total. The molecule has 0 spiro atoms. The third-order valence-corrected chi connectivity index (χ3v) is 4.63. The van der Waals surface area contributed by atoms with Gasteiger partial charge in [0, 0.05) is 17.6 Å². The maximum Gasteiger partial charge on any atom is 0.416 e. The molecule has 0 radical (unpaired) electrons. The second kappa shape index (κ2) is 7.77. The molecule has 0 amide bonds. The van der Waals surface area contributed by atoms with Gasteiger partial charge in [0.05, 0.1) is 5.56 Å². The van der Waals surface area contributed by atoms with E-state index < -0.39 is 17.6 Å². The molecule has 0 aliphatic rings. The Kier molecular flexibility index (Phi) is 5.15. The summed E-state index contributed by atoms with van der Waals surface area (Å²) in [5.41, 5.74) is 0.502. The van der Waals surface area contributed by atoms with Gasteiger partial charge in [-0.25, -0.2) is 4.39 Å². The number of furan rings is 1. The Hall–Kier alpha value is -3.43. The molecule has 0 fully saturated rings. The molecule has 10 heteroatoms. The van der Waals surface area contributed by atoms with Crippen LogP contribution in [0.5, 0.6) is 0 Å². The summed E-state index contributed by atoms with van der Waals surface area (Å²) < 4.78 is 60.0. The van der Waals surface area contributed by atoms with Gasteiger partial charge in [0.15, 0.2) is 17.2 Å². The van der Waals surface area contributed by atoms with Crippen molar-refractivity contribution in [3.8, 4) is 11.6 Å². The molecule has 0 saturated carbocycles. The Balaban J connectivity index is 1.57. The zero-order valence-electron chi connectivity index (χ0n) is 15.8. The topological polar surface area (TPSA) is 79.6 Å². The number of aromatic nitrogens is 4. The van der Waals surface area contributed by atoms with Gasteiger partial charge < -0.3 is 9.73 Å². The minimum absolute atomic E-state index is 0.0434. The van der Waals surface area contributed by atoms with Gasteiger partial charge in [-0.1, -0.05) is 19.4 Å². The highest BCUT2D eigenvalue weighted by molar-refractivity contribution is 5.83. The molecule has 2 heterocycles. The molecule has 0 unspecified atom stereocenters. The predicted octanol–water partition coefficient (Wildman–Crippen LogP) is 5.34. The Morgan fingerprint density at radius 3 is 2.67 bits per heavy atom. The van der Waals surface area contributed by atoms with Gasteiger partial charge >= 0.3 is 6.18 Å². The molecule has 30 heavy (non-hydrogen) atoms. The Morgan fingerprint density at radius 2 is 1.97 bits per heavy atom. The summed E-state index contributed by atoms with van der Waals surface area (Å²) in [5, 5.41) is 16.7. The molecule has 4 rings (SSSR count). The number of nitrogens with one attached hydrogen (secondary N) is 2. The first kappa shape index (κ1) is 19.9. The van der Waals surface area contributed by atoms with E-state index in [-0.39, 0.29) is 29.3 Å². The minimum Gasteiger partial charge on any atom is -0.449 e. The third-order valence-electron chi connectivity index (χ3n) is 4.63. The number of tetrazole rings is 1. The van der Waals surface area contributed by atoms with E-state index in [0.29, 0.717) is 29.5 Å². The molecular formula is C20H17F4N5O. The fraction of sp³-hybridized carbons (Fsp3) is 0.250. The van der Waals surface area contributed by atoms with Crippen LogP contribution >= 0.6 is 0 Å². The highest BCUT2D eigenvalue weighted by atomic mass is 19.4. The fourth-order valence-corrected chi connectivity index (χ4v) is 3.29. The van der Waals surface area contributed by atoms with E-state index in [0.717, 1.165) is 6.07 Å². The van der Waals surface area contributed by atoms with Crippen molar-refractivity contribution in [2.24, 2.45) is 0 Å². The van der Waals surface area contributed by atoms with Gasteiger partial charge in [0.25, 0.3) is 0 Å². The van der Waals surface area contributed by atoms with Crippen LogP contribution in [0, 0.1) is 5.82 Å². The number of nitrogens with zero attached hydrogens (tertiary/aromatic N) is 3. The maximum atomic E-state index is 14.5. The number of hydrogen-bond acceptors (Lipinski definition) is 5. The van der Waals surface area contributed by atoms with Crippen LogP contribution in [-0.2, 0) is 19.1 Å². The van der Waals surface area contributed by atoms with E-state index >= 15 is 0 Å². The van der Waals surface area contributed by atoms with Crippen molar-refractivity contribution in [3.63, 3.8) is 0 Å². The van der Waals surface area contributed by atoms with Crippen molar-refractivity contribution >= 4 is 16.7 Å². The summed E-state index contributed by atoms with van der Waals surface area (Å²) in [6.45, 7) is 1.97. The van der Waals surface area contributed by atoms with Crippen LogP contribution < -0.4 is 5.32 Å². The standard InChI is InChI=1S/C20H17F4N5O/c1-2-3-12-4-5-14(9-15(12)20(22,23)24)25-10-11-6-13-8-17(19-26-28-29-27-19)30-18(13)16(21)7-11/h4-9,25H,2-3,10H2,1H3,(H,26,27,28,29). The van der Waals surface area contributed by atoms with Crippen molar-refractivity contribution in [2.45, 2.75) is 32.5 Å². The zero-order chi connectivity index (χ0) is 21.3. The van der Waals surface area contributed by atoms with Gasteiger partial charge in [-0.2, -0.15) is 18.4 Å². The van der Waals surface area contributed by atoms with E-state index in [9.17, 15) is 17.6 Å². The van der Waals surface area contributed by atoms with Crippen LogP contribution in [0.15, 0.2) is 40.8 Å². The lowest BCUT2D eigenvalue weighted by molar-refractivity contribution is -0.138. The first-order chi connectivity index (χ1) is 14.3. The highest BCUT2D eigenvalue weighted by Crippen LogP contribution is 2.35. The van der Waals surface area contributed by atoms with Gasteiger partial charge in [-0.15, -0.1) is 10.2 Å². The molecule has 0 aliphatic carbocycles. The van der Waals surface area contributed by atoms with Crippen LogP contribution in [0.25, 0.3) is 22.6 Å². The van der Waals surface area contributed by atoms with Crippen molar-refractivity contribution in [3.05, 3.63) is 58.9 Å². The lowest BCUT2D eigenvalue weighted by Crippen LogP contribution is -2.10. The quantitative estimate of drug-likeness (QED) is 0.413. The van der Waals surface area contributed by atoms with Gasteiger partial charge in [0.2, 0.25) is 5.82 Å². The lowest BCUT2D eigenvalue weighted by Gasteiger charge is -2.15. The number of rotatable bonds is 6. The van der Waals surface area contributed by atoms with Crippen LogP contribution in [0.1, 0.15) is 30.0 Å². The van der Waals surface area contributed by atoms with Gasteiger partial charge in [-0.3, -0.25) is 0 Å². The Bertz CT molecular complexity index is 1170. The van der Waals surface area contributed by atoms with Crippen molar-refractivity contribution in [1.82, 2.24) is 20.6 Å². The number of hydrogen-bond donors (Lipinski definition) is 2. The molecule has 4 aromatic rings. The summed E-state index contributed by atoms with van der Waals surface area (Å²) in [4.78, 5) is 0. The number of benzene rings is 2. The molecule has 156 valence electrons.